The van der Waals surface area contributed by atoms with Crippen LogP contribution >= 0.6 is 0 Å². The summed E-state index contributed by atoms with van der Waals surface area (Å²) in [6.07, 6.45) is 4.87. The number of hydrogen-bond acceptors (Lipinski definition) is 4. The van der Waals surface area contributed by atoms with Gasteiger partial charge in [-0.25, -0.2) is 4.68 Å². The van der Waals surface area contributed by atoms with Gasteiger partial charge in [-0.1, -0.05) is 31.9 Å². The summed E-state index contributed by atoms with van der Waals surface area (Å²) in [5.41, 5.74) is 8.86. The molecule has 106 valence electrons. The Balaban J connectivity index is 1.95. The fraction of sp³-hybridized carbons (Fsp3) is 0.533. The number of nitrogen functional groups attached to an aromatic ring is 1. The highest BCUT2D eigenvalue weighted by molar-refractivity contribution is 5.63. The summed E-state index contributed by atoms with van der Waals surface area (Å²) in [6.45, 7) is 4.31. The molecule has 2 N–H and O–H groups in total. The van der Waals surface area contributed by atoms with Crippen LogP contribution in [0.2, 0.25) is 0 Å². The molecule has 1 saturated carbocycles. The largest absolute Gasteiger partial charge is 0.398 e. The summed E-state index contributed by atoms with van der Waals surface area (Å²) in [6, 6.07) is 6.43. The van der Waals surface area contributed by atoms with Gasteiger partial charge in [0.2, 0.25) is 0 Å². The second kappa shape index (κ2) is 5.23. The lowest BCUT2D eigenvalue weighted by molar-refractivity contribution is 0.265. The van der Waals surface area contributed by atoms with E-state index in [-0.39, 0.29) is 0 Å². The number of aromatic nitrogens is 4. The lowest BCUT2D eigenvalue weighted by atomic mass is 9.87. The molecule has 5 heteroatoms. The molecular formula is C15H21N5. The van der Waals surface area contributed by atoms with Crippen molar-refractivity contribution in [2.75, 3.05) is 5.73 Å². The molecule has 1 heterocycles. The first-order valence-corrected chi connectivity index (χ1v) is 7.29. The van der Waals surface area contributed by atoms with Gasteiger partial charge in [-0.2, -0.15) is 0 Å². The predicted octanol–water partition coefficient (Wildman–Crippen LogP) is 2.98. The number of benzene rings is 1. The molecule has 1 aromatic carbocycles. The van der Waals surface area contributed by atoms with Gasteiger partial charge in [0.1, 0.15) is 0 Å². The molecule has 1 fully saturated rings. The van der Waals surface area contributed by atoms with Gasteiger partial charge in [0, 0.05) is 11.3 Å². The molecule has 20 heavy (non-hydrogen) atoms. The normalized spacial score (nSPS) is 22.9. The Kier molecular flexibility index (Phi) is 3.42. The van der Waals surface area contributed by atoms with E-state index in [1.54, 1.807) is 0 Å². The highest BCUT2D eigenvalue weighted by Crippen LogP contribution is 2.34. The zero-order chi connectivity index (χ0) is 14.1. The number of rotatable bonds is 2. The zero-order valence-electron chi connectivity index (χ0n) is 12.1. The lowest BCUT2D eigenvalue weighted by Crippen LogP contribution is -2.19. The maximum atomic E-state index is 6.00. The highest BCUT2D eigenvalue weighted by Gasteiger charge is 2.24. The van der Waals surface area contributed by atoms with Gasteiger partial charge in [-0.15, -0.1) is 5.10 Å². The average Bonchev–Trinajstić information content (AvgIpc) is 2.91. The highest BCUT2D eigenvalue weighted by atomic mass is 15.5. The Labute approximate surface area is 119 Å². The molecule has 0 saturated heterocycles. The van der Waals surface area contributed by atoms with Crippen LogP contribution in [0.3, 0.4) is 0 Å². The molecule has 2 unspecified atom stereocenters. The van der Waals surface area contributed by atoms with Crippen molar-refractivity contribution in [2.45, 2.75) is 45.6 Å². The van der Waals surface area contributed by atoms with Crippen LogP contribution in [0, 0.1) is 12.8 Å². The van der Waals surface area contributed by atoms with E-state index >= 15 is 0 Å². The topological polar surface area (TPSA) is 69.6 Å². The summed E-state index contributed by atoms with van der Waals surface area (Å²) >= 11 is 0. The molecule has 1 aliphatic carbocycles. The van der Waals surface area contributed by atoms with Crippen molar-refractivity contribution in [3.8, 4) is 11.4 Å². The SMILES string of the molecule is Cc1ccc(-c2nnnn2C2CCCC(C)C2)cc1N. The van der Waals surface area contributed by atoms with Gasteiger partial charge in [-0.3, -0.25) is 0 Å². The number of nitrogens with two attached hydrogens (primary N) is 1. The molecular weight excluding hydrogens is 250 g/mol. The van der Waals surface area contributed by atoms with E-state index in [4.69, 9.17) is 5.73 Å². The number of anilines is 1. The molecule has 5 nitrogen and oxygen atoms in total. The quantitative estimate of drug-likeness (QED) is 0.852. The molecule has 2 atom stereocenters. The third-order valence-electron chi connectivity index (χ3n) is 4.28. The first-order chi connectivity index (χ1) is 9.65. The number of tetrazole rings is 1. The van der Waals surface area contributed by atoms with Gasteiger partial charge in [0.05, 0.1) is 6.04 Å². The smallest absolute Gasteiger partial charge is 0.182 e. The van der Waals surface area contributed by atoms with Gasteiger partial charge >= 0.3 is 0 Å². The van der Waals surface area contributed by atoms with Crippen LogP contribution in [0.15, 0.2) is 18.2 Å². The molecule has 0 aliphatic heterocycles. The van der Waals surface area contributed by atoms with E-state index in [9.17, 15) is 0 Å². The van der Waals surface area contributed by atoms with Crippen LogP contribution in [0.25, 0.3) is 11.4 Å². The van der Waals surface area contributed by atoms with Crippen LogP contribution in [-0.4, -0.2) is 20.2 Å². The molecule has 1 aliphatic rings. The Morgan fingerprint density at radius 3 is 2.90 bits per heavy atom. The van der Waals surface area contributed by atoms with Crippen molar-refractivity contribution in [1.82, 2.24) is 20.2 Å². The first kappa shape index (κ1) is 13.1. The monoisotopic (exact) mass is 271 g/mol. The van der Waals surface area contributed by atoms with Crippen LogP contribution < -0.4 is 5.73 Å². The van der Waals surface area contributed by atoms with E-state index in [0.29, 0.717) is 6.04 Å². The van der Waals surface area contributed by atoms with E-state index < -0.39 is 0 Å². The molecule has 2 aromatic rings. The summed E-state index contributed by atoms with van der Waals surface area (Å²) in [5.74, 6) is 1.57. The van der Waals surface area contributed by atoms with E-state index in [1.807, 2.05) is 29.8 Å². The summed E-state index contributed by atoms with van der Waals surface area (Å²) in [5, 5.41) is 12.3. The molecule has 0 spiro atoms. The maximum absolute atomic E-state index is 6.00. The third kappa shape index (κ3) is 2.40. The fourth-order valence-corrected chi connectivity index (χ4v) is 3.03. The molecule has 1 aromatic heterocycles. The van der Waals surface area contributed by atoms with Crippen molar-refractivity contribution in [1.29, 1.82) is 0 Å². The minimum absolute atomic E-state index is 0.409. The Bertz CT molecular complexity index is 604. The molecule has 3 rings (SSSR count). The fourth-order valence-electron chi connectivity index (χ4n) is 3.03. The second-order valence-corrected chi connectivity index (χ2v) is 5.94. The number of aryl methyl sites for hydroxylation is 1. The van der Waals surface area contributed by atoms with Crippen LogP contribution in [0.1, 0.15) is 44.2 Å². The van der Waals surface area contributed by atoms with Gasteiger partial charge in [0.15, 0.2) is 5.82 Å². The van der Waals surface area contributed by atoms with Crippen LogP contribution in [0.5, 0.6) is 0 Å². The summed E-state index contributed by atoms with van der Waals surface area (Å²) in [4.78, 5) is 0. The predicted molar refractivity (Wildman–Crippen MR) is 79.1 cm³/mol. The maximum Gasteiger partial charge on any atom is 0.182 e. The first-order valence-electron chi connectivity index (χ1n) is 7.29. The van der Waals surface area contributed by atoms with Crippen molar-refractivity contribution in [3.63, 3.8) is 0 Å². The van der Waals surface area contributed by atoms with Gasteiger partial charge in [0.25, 0.3) is 0 Å². The number of nitrogens with zero attached hydrogens (tertiary/aromatic N) is 4. The van der Waals surface area contributed by atoms with E-state index in [1.165, 1.54) is 12.8 Å². The van der Waals surface area contributed by atoms with Crippen molar-refractivity contribution < 1.29 is 0 Å². The van der Waals surface area contributed by atoms with Crippen LogP contribution in [0.4, 0.5) is 5.69 Å². The Morgan fingerprint density at radius 1 is 1.30 bits per heavy atom. The van der Waals surface area contributed by atoms with Crippen molar-refractivity contribution >= 4 is 5.69 Å². The zero-order valence-corrected chi connectivity index (χ0v) is 12.1. The Morgan fingerprint density at radius 2 is 2.15 bits per heavy atom. The average molecular weight is 271 g/mol. The Hall–Kier alpha value is -1.91. The third-order valence-corrected chi connectivity index (χ3v) is 4.28. The minimum atomic E-state index is 0.409. The lowest BCUT2D eigenvalue weighted by Gasteiger charge is -2.27. The van der Waals surface area contributed by atoms with Gasteiger partial charge < -0.3 is 5.73 Å². The van der Waals surface area contributed by atoms with E-state index in [0.717, 1.165) is 41.4 Å². The van der Waals surface area contributed by atoms with E-state index in [2.05, 4.69) is 22.4 Å². The molecule has 0 bridgehead atoms. The minimum Gasteiger partial charge on any atom is -0.398 e. The summed E-state index contributed by atoms with van der Waals surface area (Å²) < 4.78 is 1.99. The van der Waals surface area contributed by atoms with Crippen molar-refractivity contribution in [3.05, 3.63) is 23.8 Å². The molecule has 0 radical (unpaired) electrons. The van der Waals surface area contributed by atoms with Crippen LogP contribution in [-0.2, 0) is 0 Å². The molecule has 0 amide bonds. The summed E-state index contributed by atoms with van der Waals surface area (Å²) in [7, 11) is 0. The van der Waals surface area contributed by atoms with Crippen molar-refractivity contribution in [2.24, 2.45) is 5.92 Å². The van der Waals surface area contributed by atoms with Gasteiger partial charge in [-0.05, 0) is 47.7 Å². The standard InChI is InChI=1S/C15H21N5/c1-10-4-3-5-13(8-10)20-15(17-18-19-20)12-7-6-11(2)14(16)9-12/h6-7,9-10,13H,3-5,8,16H2,1-2H3. The number of hydrogen-bond donors (Lipinski definition) is 1. The second-order valence-electron chi connectivity index (χ2n) is 5.94.